The highest BCUT2D eigenvalue weighted by molar-refractivity contribution is 5.27. The van der Waals surface area contributed by atoms with Crippen molar-refractivity contribution >= 4 is 0 Å². The first-order valence-electron chi connectivity index (χ1n) is 6.94. The first-order valence-corrected chi connectivity index (χ1v) is 6.94. The van der Waals surface area contributed by atoms with E-state index in [0.717, 1.165) is 18.6 Å². The Morgan fingerprint density at radius 1 is 1.40 bits per heavy atom. The third-order valence-electron chi connectivity index (χ3n) is 4.14. The van der Waals surface area contributed by atoms with Crippen molar-refractivity contribution in [3.05, 3.63) is 35.4 Å². The molecule has 0 radical (unpaired) electrons. The molecule has 112 valence electrons. The molecule has 1 aromatic carbocycles. The second kappa shape index (κ2) is 5.74. The van der Waals surface area contributed by atoms with Gasteiger partial charge in [0.1, 0.15) is 0 Å². The highest BCUT2D eigenvalue weighted by atomic mass is 19.4. The van der Waals surface area contributed by atoms with E-state index in [2.05, 4.69) is 5.32 Å². The molecule has 0 aromatic heterocycles. The minimum atomic E-state index is -4.34. The molecule has 2 N–H and O–H groups in total. The third-order valence-corrected chi connectivity index (χ3v) is 4.14. The van der Waals surface area contributed by atoms with Crippen LogP contribution in [0.25, 0.3) is 0 Å². The van der Waals surface area contributed by atoms with Crippen LogP contribution >= 0.6 is 0 Å². The molecule has 1 aromatic rings. The summed E-state index contributed by atoms with van der Waals surface area (Å²) in [5, 5.41) is 14.0. The number of halogens is 3. The summed E-state index contributed by atoms with van der Waals surface area (Å²) in [5.41, 5.74) is -1.02. The Bertz CT molecular complexity index is 461. The van der Waals surface area contributed by atoms with E-state index >= 15 is 0 Å². The van der Waals surface area contributed by atoms with Gasteiger partial charge in [-0.3, -0.25) is 0 Å². The van der Waals surface area contributed by atoms with Crippen LogP contribution in [0.1, 0.15) is 30.9 Å². The number of nitrogens with one attached hydrogen (secondary N) is 1. The van der Waals surface area contributed by atoms with Crippen molar-refractivity contribution in [2.45, 2.75) is 38.0 Å². The van der Waals surface area contributed by atoms with Gasteiger partial charge in [-0.2, -0.15) is 13.2 Å². The molecule has 2 unspecified atom stereocenters. The van der Waals surface area contributed by atoms with Crippen LogP contribution in [0.3, 0.4) is 0 Å². The van der Waals surface area contributed by atoms with E-state index in [1.807, 2.05) is 6.92 Å². The fraction of sp³-hybridized carbons (Fsp3) is 0.600. The molecule has 0 saturated carbocycles. The van der Waals surface area contributed by atoms with E-state index < -0.39 is 17.3 Å². The van der Waals surface area contributed by atoms with Gasteiger partial charge in [-0.1, -0.05) is 25.1 Å². The maximum Gasteiger partial charge on any atom is 0.416 e. The highest BCUT2D eigenvalue weighted by Gasteiger charge is 2.38. The fourth-order valence-corrected chi connectivity index (χ4v) is 2.94. The zero-order chi connectivity index (χ0) is 14.8. The molecule has 1 aliphatic rings. The number of rotatable bonds is 3. The van der Waals surface area contributed by atoms with Gasteiger partial charge in [0.05, 0.1) is 11.2 Å². The van der Waals surface area contributed by atoms with Gasteiger partial charge in [0.15, 0.2) is 0 Å². The third kappa shape index (κ3) is 3.33. The summed E-state index contributed by atoms with van der Waals surface area (Å²) >= 11 is 0. The second-order valence-corrected chi connectivity index (χ2v) is 5.54. The predicted octanol–water partition coefficient (Wildman–Crippen LogP) is 3.00. The molecule has 0 amide bonds. The van der Waals surface area contributed by atoms with Crippen molar-refractivity contribution in [3.8, 4) is 0 Å². The Labute approximate surface area is 117 Å². The summed E-state index contributed by atoms with van der Waals surface area (Å²) in [7, 11) is 0. The molecule has 2 rings (SSSR count). The lowest BCUT2D eigenvalue weighted by atomic mass is 9.76. The van der Waals surface area contributed by atoms with Crippen molar-refractivity contribution in [1.29, 1.82) is 0 Å². The van der Waals surface area contributed by atoms with Gasteiger partial charge < -0.3 is 10.4 Å². The monoisotopic (exact) mass is 287 g/mol. The second-order valence-electron chi connectivity index (χ2n) is 5.54. The van der Waals surface area contributed by atoms with Gasteiger partial charge in [0, 0.05) is 18.9 Å². The van der Waals surface area contributed by atoms with Crippen LogP contribution in [0.15, 0.2) is 24.3 Å². The largest absolute Gasteiger partial charge is 0.416 e. The summed E-state index contributed by atoms with van der Waals surface area (Å²) in [5.74, 6) is 0.0748. The van der Waals surface area contributed by atoms with Gasteiger partial charge in [-0.25, -0.2) is 0 Å². The number of aliphatic hydroxyl groups is 1. The Kier molecular flexibility index (Phi) is 4.39. The van der Waals surface area contributed by atoms with Gasteiger partial charge in [-0.05, 0) is 31.0 Å². The molecule has 1 heterocycles. The van der Waals surface area contributed by atoms with Crippen LogP contribution in [0.4, 0.5) is 13.2 Å². The molecule has 0 aliphatic carbocycles. The van der Waals surface area contributed by atoms with Crippen molar-refractivity contribution in [3.63, 3.8) is 0 Å². The normalized spacial score (nSPS) is 27.6. The zero-order valence-electron chi connectivity index (χ0n) is 11.5. The Hall–Kier alpha value is -1.07. The van der Waals surface area contributed by atoms with Gasteiger partial charge >= 0.3 is 6.18 Å². The van der Waals surface area contributed by atoms with E-state index in [9.17, 15) is 18.3 Å². The average Bonchev–Trinajstić information content (AvgIpc) is 2.38. The summed E-state index contributed by atoms with van der Waals surface area (Å²) < 4.78 is 38.1. The lowest BCUT2D eigenvalue weighted by molar-refractivity contribution is -0.137. The van der Waals surface area contributed by atoms with Gasteiger partial charge in [0.25, 0.3) is 0 Å². The minimum Gasteiger partial charge on any atom is -0.389 e. The van der Waals surface area contributed by atoms with Crippen molar-refractivity contribution in [1.82, 2.24) is 5.32 Å². The predicted molar refractivity (Wildman–Crippen MR) is 71.4 cm³/mol. The quantitative estimate of drug-likeness (QED) is 0.895. The summed E-state index contributed by atoms with van der Waals surface area (Å²) in [6.07, 6.45) is -2.68. The van der Waals surface area contributed by atoms with Crippen LogP contribution in [-0.4, -0.2) is 23.8 Å². The van der Waals surface area contributed by atoms with E-state index in [1.165, 1.54) is 6.07 Å². The van der Waals surface area contributed by atoms with Crippen LogP contribution in [-0.2, 0) is 12.6 Å². The van der Waals surface area contributed by atoms with Crippen LogP contribution in [0.2, 0.25) is 0 Å². The molecule has 2 nitrogen and oxygen atoms in total. The molecular formula is C15H20F3NO. The Balaban J connectivity index is 2.20. The molecule has 1 saturated heterocycles. The molecule has 20 heavy (non-hydrogen) atoms. The summed E-state index contributed by atoms with van der Waals surface area (Å²) in [6, 6.07) is 5.27. The van der Waals surface area contributed by atoms with E-state index in [0.29, 0.717) is 25.1 Å². The van der Waals surface area contributed by atoms with Crippen LogP contribution in [0.5, 0.6) is 0 Å². The molecule has 2 atom stereocenters. The Morgan fingerprint density at radius 3 is 2.80 bits per heavy atom. The molecule has 1 aliphatic heterocycles. The first-order chi connectivity index (χ1) is 9.35. The van der Waals surface area contributed by atoms with E-state index in [4.69, 9.17) is 0 Å². The molecule has 5 heteroatoms. The zero-order valence-corrected chi connectivity index (χ0v) is 11.5. The van der Waals surface area contributed by atoms with Crippen molar-refractivity contribution in [2.24, 2.45) is 5.92 Å². The molecular weight excluding hydrogens is 267 g/mol. The van der Waals surface area contributed by atoms with Crippen molar-refractivity contribution in [2.75, 3.05) is 13.1 Å². The summed E-state index contributed by atoms with van der Waals surface area (Å²) in [4.78, 5) is 0. The van der Waals surface area contributed by atoms with Crippen molar-refractivity contribution < 1.29 is 18.3 Å². The number of hydrogen-bond acceptors (Lipinski definition) is 2. The summed E-state index contributed by atoms with van der Waals surface area (Å²) in [6.45, 7) is 3.41. The number of benzene rings is 1. The smallest absolute Gasteiger partial charge is 0.389 e. The Morgan fingerprint density at radius 2 is 2.15 bits per heavy atom. The maximum absolute atomic E-state index is 12.7. The molecule has 0 spiro atoms. The topological polar surface area (TPSA) is 32.3 Å². The number of hydrogen-bond donors (Lipinski definition) is 2. The lowest BCUT2D eigenvalue weighted by Crippen LogP contribution is -2.51. The fourth-order valence-electron chi connectivity index (χ4n) is 2.94. The van der Waals surface area contributed by atoms with Crippen LogP contribution in [0, 0.1) is 5.92 Å². The lowest BCUT2D eigenvalue weighted by Gasteiger charge is -2.40. The van der Waals surface area contributed by atoms with E-state index in [-0.39, 0.29) is 12.3 Å². The number of piperidine rings is 1. The molecule has 0 bridgehead atoms. The van der Waals surface area contributed by atoms with E-state index in [1.54, 1.807) is 6.07 Å². The van der Waals surface area contributed by atoms with Crippen LogP contribution < -0.4 is 5.32 Å². The van der Waals surface area contributed by atoms with Gasteiger partial charge in [-0.15, -0.1) is 0 Å². The average molecular weight is 287 g/mol. The van der Waals surface area contributed by atoms with Gasteiger partial charge in [0.2, 0.25) is 0 Å². The maximum atomic E-state index is 12.7. The SMILES string of the molecule is CCC1CNCCC1(O)Cc1cccc(C(F)(F)F)c1. The minimum absolute atomic E-state index is 0.0748. The number of alkyl halides is 3. The molecule has 1 fully saturated rings. The first kappa shape index (κ1) is 15.3. The standard InChI is InChI=1S/C15H20F3NO/c1-2-12-10-19-7-6-14(12,20)9-11-4-3-5-13(8-11)15(16,17)18/h3-5,8,12,19-20H,2,6-7,9-10H2,1H3. The highest BCUT2D eigenvalue weighted by Crippen LogP contribution is 2.33.